The van der Waals surface area contributed by atoms with Crippen LogP contribution in [0.5, 0.6) is 0 Å². The molecular weight excluding hydrogens is 196 g/mol. The first-order valence-corrected chi connectivity index (χ1v) is 6.56. The topological polar surface area (TPSA) is 17.1 Å². The predicted molar refractivity (Wildman–Crippen MR) is 71.5 cm³/mol. The van der Waals surface area contributed by atoms with Gasteiger partial charge in [0, 0.05) is 11.8 Å². The molecule has 0 aromatic carbocycles. The molecule has 1 heteroatoms. The van der Waals surface area contributed by atoms with E-state index in [2.05, 4.69) is 27.7 Å². The third-order valence-corrected chi connectivity index (χ3v) is 2.99. The highest BCUT2D eigenvalue weighted by Crippen LogP contribution is 2.26. The van der Waals surface area contributed by atoms with Crippen molar-refractivity contribution in [2.45, 2.75) is 74.1 Å². The van der Waals surface area contributed by atoms with Crippen LogP contribution < -0.4 is 0 Å². The largest absolute Gasteiger partial charge is 0.299 e. The lowest BCUT2D eigenvalue weighted by atomic mass is 9.83. The summed E-state index contributed by atoms with van der Waals surface area (Å²) in [6, 6.07) is 0. The third kappa shape index (κ3) is 7.90. The molecule has 0 fully saturated rings. The molecule has 0 aliphatic carbocycles. The highest BCUT2D eigenvalue weighted by atomic mass is 16.1. The minimum Gasteiger partial charge on any atom is -0.299 e. The first-order chi connectivity index (χ1) is 7.02. The van der Waals surface area contributed by atoms with E-state index in [0.717, 1.165) is 6.42 Å². The standard InChI is InChI=1S/C15H30O/c1-12(9-8-10-14(2,3)4)11-13(16)15(5,6)7/h12H,8-11H2,1-7H3. The van der Waals surface area contributed by atoms with Crippen molar-refractivity contribution in [2.24, 2.45) is 16.7 Å². The smallest absolute Gasteiger partial charge is 0.138 e. The van der Waals surface area contributed by atoms with Crippen molar-refractivity contribution in [2.75, 3.05) is 0 Å². The Labute approximate surface area is 102 Å². The fraction of sp³-hybridized carbons (Fsp3) is 0.933. The summed E-state index contributed by atoms with van der Waals surface area (Å²) in [4.78, 5) is 11.8. The number of hydrogen-bond acceptors (Lipinski definition) is 1. The van der Waals surface area contributed by atoms with E-state index in [1.54, 1.807) is 0 Å². The van der Waals surface area contributed by atoms with Crippen LogP contribution in [0.1, 0.15) is 74.1 Å². The molecule has 96 valence electrons. The monoisotopic (exact) mass is 226 g/mol. The van der Waals surface area contributed by atoms with Crippen LogP contribution in [0, 0.1) is 16.7 Å². The van der Waals surface area contributed by atoms with Crippen LogP contribution in [-0.4, -0.2) is 5.78 Å². The van der Waals surface area contributed by atoms with E-state index in [1.807, 2.05) is 20.8 Å². The zero-order valence-electron chi connectivity index (χ0n) is 12.3. The Hall–Kier alpha value is -0.330. The van der Waals surface area contributed by atoms with Crippen LogP contribution in [0.15, 0.2) is 0 Å². The summed E-state index contributed by atoms with van der Waals surface area (Å²) in [5.74, 6) is 0.935. The molecule has 0 spiro atoms. The Morgan fingerprint density at radius 1 is 1.06 bits per heavy atom. The lowest BCUT2D eigenvalue weighted by Crippen LogP contribution is -2.22. The first-order valence-electron chi connectivity index (χ1n) is 6.56. The molecule has 1 unspecified atom stereocenters. The van der Waals surface area contributed by atoms with Gasteiger partial charge < -0.3 is 0 Å². The van der Waals surface area contributed by atoms with E-state index in [1.165, 1.54) is 19.3 Å². The summed E-state index contributed by atoms with van der Waals surface area (Å²) >= 11 is 0. The molecule has 0 N–H and O–H groups in total. The molecule has 0 aromatic rings. The second-order valence-electron chi connectivity index (χ2n) is 7.44. The second kappa shape index (κ2) is 5.84. The molecule has 0 heterocycles. The van der Waals surface area contributed by atoms with Crippen molar-refractivity contribution in [3.8, 4) is 0 Å². The Bertz CT molecular complexity index is 215. The highest BCUT2D eigenvalue weighted by molar-refractivity contribution is 5.83. The van der Waals surface area contributed by atoms with Crippen LogP contribution in [0.4, 0.5) is 0 Å². The van der Waals surface area contributed by atoms with Crippen molar-refractivity contribution in [1.29, 1.82) is 0 Å². The molecule has 0 aromatic heterocycles. The molecule has 0 saturated heterocycles. The van der Waals surface area contributed by atoms with Gasteiger partial charge in [-0.15, -0.1) is 0 Å². The summed E-state index contributed by atoms with van der Waals surface area (Å²) in [5.41, 5.74) is 0.256. The normalized spacial score (nSPS) is 14.9. The van der Waals surface area contributed by atoms with Gasteiger partial charge >= 0.3 is 0 Å². The Morgan fingerprint density at radius 3 is 1.94 bits per heavy atom. The van der Waals surface area contributed by atoms with E-state index < -0.39 is 0 Å². The Kier molecular flexibility index (Phi) is 5.72. The molecule has 0 aliphatic rings. The molecule has 0 saturated carbocycles. The fourth-order valence-electron chi connectivity index (χ4n) is 1.71. The summed E-state index contributed by atoms with van der Waals surface area (Å²) in [7, 11) is 0. The van der Waals surface area contributed by atoms with Gasteiger partial charge in [-0.05, 0) is 17.8 Å². The number of Topliss-reactive ketones (excluding diaryl/α,β-unsaturated/α-hetero) is 1. The van der Waals surface area contributed by atoms with Crippen molar-refractivity contribution < 1.29 is 4.79 Å². The molecule has 16 heavy (non-hydrogen) atoms. The summed E-state index contributed by atoms with van der Waals surface area (Å²) < 4.78 is 0. The Morgan fingerprint density at radius 2 is 1.56 bits per heavy atom. The van der Waals surface area contributed by atoms with Crippen LogP contribution in [0.25, 0.3) is 0 Å². The number of rotatable bonds is 5. The number of carbonyl (C=O) groups excluding carboxylic acids is 1. The average Bonchev–Trinajstić information content (AvgIpc) is 1.99. The SMILES string of the molecule is CC(CCCC(C)(C)C)CC(=O)C(C)(C)C. The van der Waals surface area contributed by atoms with E-state index in [4.69, 9.17) is 0 Å². The van der Waals surface area contributed by atoms with E-state index in [9.17, 15) is 4.79 Å². The predicted octanol–water partition coefficient (Wildman–Crippen LogP) is 4.84. The lowest BCUT2D eigenvalue weighted by Gasteiger charge is -2.21. The van der Waals surface area contributed by atoms with Crippen LogP contribution in [0.2, 0.25) is 0 Å². The average molecular weight is 226 g/mol. The van der Waals surface area contributed by atoms with Gasteiger partial charge in [-0.2, -0.15) is 0 Å². The highest BCUT2D eigenvalue weighted by Gasteiger charge is 2.22. The quantitative estimate of drug-likeness (QED) is 0.655. The van der Waals surface area contributed by atoms with Gasteiger partial charge in [0.25, 0.3) is 0 Å². The van der Waals surface area contributed by atoms with E-state index in [0.29, 0.717) is 17.1 Å². The molecule has 0 bridgehead atoms. The van der Waals surface area contributed by atoms with E-state index >= 15 is 0 Å². The minimum absolute atomic E-state index is 0.168. The Balaban J connectivity index is 3.84. The molecule has 1 nitrogen and oxygen atoms in total. The number of ketones is 1. The number of hydrogen-bond donors (Lipinski definition) is 0. The summed E-state index contributed by atoms with van der Waals surface area (Å²) in [5, 5.41) is 0. The maximum absolute atomic E-state index is 11.8. The molecule has 0 rings (SSSR count). The number of carbonyl (C=O) groups is 1. The van der Waals surface area contributed by atoms with Gasteiger partial charge in [0.15, 0.2) is 0 Å². The van der Waals surface area contributed by atoms with Gasteiger partial charge in [0.1, 0.15) is 5.78 Å². The fourth-order valence-corrected chi connectivity index (χ4v) is 1.71. The molecule has 0 radical (unpaired) electrons. The zero-order chi connectivity index (χ0) is 13.0. The molecule has 0 aliphatic heterocycles. The maximum Gasteiger partial charge on any atom is 0.138 e. The van der Waals surface area contributed by atoms with Crippen molar-refractivity contribution in [3.63, 3.8) is 0 Å². The van der Waals surface area contributed by atoms with Crippen LogP contribution >= 0.6 is 0 Å². The van der Waals surface area contributed by atoms with Crippen molar-refractivity contribution >= 4 is 5.78 Å². The third-order valence-electron chi connectivity index (χ3n) is 2.99. The van der Waals surface area contributed by atoms with Crippen LogP contribution in [0.3, 0.4) is 0 Å². The summed E-state index contributed by atoms with van der Waals surface area (Å²) in [6.45, 7) is 15.1. The molecule has 1 atom stereocenters. The van der Waals surface area contributed by atoms with Crippen molar-refractivity contribution in [1.82, 2.24) is 0 Å². The molecule has 0 amide bonds. The van der Waals surface area contributed by atoms with Gasteiger partial charge in [-0.25, -0.2) is 0 Å². The van der Waals surface area contributed by atoms with E-state index in [-0.39, 0.29) is 5.41 Å². The maximum atomic E-state index is 11.8. The second-order valence-corrected chi connectivity index (χ2v) is 7.44. The minimum atomic E-state index is -0.168. The molecular formula is C15H30O. The zero-order valence-corrected chi connectivity index (χ0v) is 12.3. The summed E-state index contributed by atoms with van der Waals surface area (Å²) in [6.07, 6.45) is 4.41. The first kappa shape index (κ1) is 15.7. The van der Waals surface area contributed by atoms with Gasteiger partial charge in [0.2, 0.25) is 0 Å². The van der Waals surface area contributed by atoms with Gasteiger partial charge in [-0.3, -0.25) is 4.79 Å². The van der Waals surface area contributed by atoms with Gasteiger partial charge in [0.05, 0.1) is 0 Å². The van der Waals surface area contributed by atoms with Crippen molar-refractivity contribution in [3.05, 3.63) is 0 Å². The van der Waals surface area contributed by atoms with Crippen LogP contribution in [-0.2, 0) is 4.79 Å². The van der Waals surface area contributed by atoms with Gasteiger partial charge in [-0.1, -0.05) is 61.3 Å². The lowest BCUT2D eigenvalue weighted by molar-refractivity contribution is -0.127.